The minimum absolute atomic E-state index is 0.0408. The molecule has 0 aromatic heterocycles. The van der Waals surface area contributed by atoms with Gasteiger partial charge in [0.05, 0.1) is 4.92 Å². The summed E-state index contributed by atoms with van der Waals surface area (Å²) in [5, 5.41) is 17.3. The molecule has 0 radical (unpaired) electrons. The average Bonchev–Trinajstić information content (AvgIpc) is 2.54. The lowest BCUT2D eigenvalue weighted by Gasteiger charge is -2.16. The number of rotatable bonds is 6. The number of amides is 1. The van der Waals surface area contributed by atoms with Crippen LogP contribution in [0.1, 0.15) is 42.7 Å². The number of anilines is 1. The normalized spacial score (nSPS) is 11.9. The third kappa shape index (κ3) is 5.03. The van der Waals surface area contributed by atoms with E-state index in [2.05, 4.69) is 26.6 Å². The van der Waals surface area contributed by atoms with Crippen LogP contribution in [-0.4, -0.2) is 16.9 Å². The summed E-state index contributed by atoms with van der Waals surface area (Å²) in [6.45, 7) is 5.59. The Morgan fingerprint density at radius 1 is 1.16 bits per heavy atom. The van der Waals surface area contributed by atoms with Crippen LogP contribution >= 0.6 is 15.9 Å². The third-order valence-corrected chi connectivity index (χ3v) is 4.09. The number of nitro benzene ring substituents is 1. The third-order valence-electron chi connectivity index (χ3n) is 3.60. The first-order valence-corrected chi connectivity index (χ1v) is 8.68. The summed E-state index contributed by atoms with van der Waals surface area (Å²) in [7, 11) is 0. The van der Waals surface area contributed by atoms with Crippen LogP contribution in [-0.2, 0) is 0 Å². The summed E-state index contributed by atoms with van der Waals surface area (Å²) in [6.07, 6.45) is 0. The second kappa shape index (κ2) is 8.11. The van der Waals surface area contributed by atoms with Crippen molar-refractivity contribution in [2.24, 2.45) is 0 Å². The molecule has 0 aliphatic rings. The standard InChI is InChI=1S/C18H20BrN3O3/c1-11(2)20-18(23)14-7-8-16(17(10-14)22(24)25)21-12(3)13-5-4-6-15(19)9-13/h4-12,21H,1-3H3,(H,20,23). The maximum atomic E-state index is 12.1. The van der Waals surface area contributed by atoms with Gasteiger partial charge in [0.1, 0.15) is 5.69 Å². The number of halogens is 1. The number of nitrogens with zero attached hydrogens (tertiary/aromatic N) is 1. The molecule has 1 atom stereocenters. The molecule has 7 heteroatoms. The van der Waals surface area contributed by atoms with Gasteiger partial charge in [-0.3, -0.25) is 14.9 Å². The molecule has 0 bridgehead atoms. The predicted octanol–water partition coefficient (Wildman–Crippen LogP) is 4.67. The molecule has 6 nitrogen and oxygen atoms in total. The lowest BCUT2D eigenvalue weighted by molar-refractivity contribution is -0.384. The minimum Gasteiger partial charge on any atom is -0.373 e. The molecule has 1 amide bonds. The van der Waals surface area contributed by atoms with E-state index in [1.807, 2.05) is 45.0 Å². The quantitative estimate of drug-likeness (QED) is 0.540. The summed E-state index contributed by atoms with van der Waals surface area (Å²) in [6, 6.07) is 12.0. The maximum absolute atomic E-state index is 12.1. The second-order valence-electron chi connectivity index (χ2n) is 6.04. The summed E-state index contributed by atoms with van der Waals surface area (Å²) < 4.78 is 0.939. The number of hydrogen-bond acceptors (Lipinski definition) is 4. The van der Waals surface area contributed by atoms with Crippen molar-refractivity contribution >= 4 is 33.2 Å². The minimum atomic E-state index is -0.484. The highest BCUT2D eigenvalue weighted by molar-refractivity contribution is 9.10. The van der Waals surface area contributed by atoms with Crippen LogP contribution in [0.4, 0.5) is 11.4 Å². The number of carbonyl (C=O) groups is 1. The molecule has 1 unspecified atom stereocenters. The van der Waals surface area contributed by atoms with E-state index in [1.54, 1.807) is 12.1 Å². The van der Waals surface area contributed by atoms with E-state index >= 15 is 0 Å². The highest BCUT2D eigenvalue weighted by Gasteiger charge is 2.19. The molecule has 0 aliphatic heterocycles. The van der Waals surface area contributed by atoms with Gasteiger partial charge in [0.15, 0.2) is 0 Å². The van der Waals surface area contributed by atoms with E-state index in [1.165, 1.54) is 6.07 Å². The van der Waals surface area contributed by atoms with Gasteiger partial charge < -0.3 is 10.6 Å². The van der Waals surface area contributed by atoms with E-state index < -0.39 is 4.92 Å². The first kappa shape index (κ1) is 18.9. The van der Waals surface area contributed by atoms with Crippen molar-refractivity contribution in [3.63, 3.8) is 0 Å². The van der Waals surface area contributed by atoms with E-state index in [4.69, 9.17) is 0 Å². The van der Waals surface area contributed by atoms with Crippen molar-refractivity contribution in [2.45, 2.75) is 32.9 Å². The molecular formula is C18H20BrN3O3. The number of carbonyl (C=O) groups excluding carboxylic acids is 1. The zero-order chi connectivity index (χ0) is 18.6. The Kier molecular flexibility index (Phi) is 6.14. The first-order chi connectivity index (χ1) is 11.8. The van der Waals surface area contributed by atoms with E-state index in [0.717, 1.165) is 10.0 Å². The van der Waals surface area contributed by atoms with Crippen LogP contribution in [0.3, 0.4) is 0 Å². The lowest BCUT2D eigenvalue weighted by Crippen LogP contribution is -2.30. The Balaban J connectivity index is 2.28. The van der Waals surface area contributed by atoms with Gasteiger partial charge in [0.2, 0.25) is 0 Å². The largest absolute Gasteiger partial charge is 0.373 e. The molecular weight excluding hydrogens is 386 g/mol. The molecule has 2 aromatic rings. The molecule has 2 aromatic carbocycles. The van der Waals surface area contributed by atoms with Gasteiger partial charge in [-0.25, -0.2) is 0 Å². The van der Waals surface area contributed by atoms with E-state index in [-0.39, 0.29) is 29.2 Å². The van der Waals surface area contributed by atoms with Gasteiger partial charge >= 0.3 is 0 Å². The maximum Gasteiger partial charge on any atom is 0.293 e. The number of nitrogens with one attached hydrogen (secondary N) is 2. The van der Waals surface area contributed by atoms with Gasteiger partial charge in [-0.1, -0.05) is 28.1 Å². The van der Waals surface area contributed by atoms with Gasteiger partial charge in [0, 0.05) is 28.2 Å². The van der Waals surface area contributed by atoms with Crippen LogP contribution in [0.25, 0.3) is 0 Å². The van der Waals surface area contributed by atoms with Crippen molar-refractivity contribution in [3.05, 3.63) is 68.2 Å². The number of benzene rings is 2. The molecule has 0 saturated heterocycles. The van der Waals surface area contributed by atoms with Gasteiger partial charge in [-0.2, -0.15) is 0 Å². The highest BCUT2D eigenvalue weighted by atomic mass is 79.9. The predicted molar refractivity (Wildman–Crippen MR) is 102 cm³/mol. The van der Waals surface area contributed by atoms with Crippen molar-refractivity contribution in [1.82, 2.24) is 5.32 Å². The fraction of sp³-hybridized carbons (Fsp3) is 0.278. The molecule has 2 rings (SSSR count). The zero-order valence-electron chi connectivity index (χ0n) is 14.2. The molecule has 0 saturated carbocycles. The van der Waals surface area contributed by atoms with Gasteiger partial charge in [0.25, 0.3) is 11.6 Å². The first-order valence-electron chi connectivity index (χ1n) is 7.89. The molecule has 0 aliphatic carbocycles. The smallest absolute Gasteiger partial charge is 0.293 e. The van der Waals surface area contributed by atoms with Crippen LogP contribution in [0.5, 0.6) is 0 Å². The number of hydrogen-bond donors (Lipinski definition) is 2. The molecule has 2 N–H and O–H groups in total. The Hall–Kier alpha value is -2.41. The summed E-state index contributed by atoms with van der Waals surface area (Å²) >= 11 is 3.42. The number of nitro groups is 1. The Bertz CT molecular complexity index is 793. The summed E-state index contributed by atoms with van der Waals surface area (Å²) in [4.78, 5) is 23.0. The summed E-state index contributed by atoms with van der Waals surface area (Å²) in [5.74, 6) is -0.329. The molecule has 25 heavy (non-hydrogen) atoms. The van der Waals surface area contributed by atoms with Crippen LogP contribution < -0.4 is 10.6 Å². The molecule has 0 spiro atoms. The summed E-state index contributed by atoms with van der Waals surface area (Å²) in [5.41, 5.74) is 1.50. The SMILES string of the molecule is CC(C)NC(=O)c1ccc(NC(C)c2cccc(Br)c2)c([N+](=O)[O-])c1. The van der Waals surface area contributed by atoms with E-state index in [9.17, 15) is 14.9 Å². The van der Waals surface area contributed by atoms with Crippen molar-refractivity contribution in [2.75, 3.05) is 5.32 Å². The van der Waals surface area contributed by atoms with Crippen molar-refractivity contribution < 1.29 is 9.72 Å². The zero-order valence-corrected chi connectivity index (χ0v) is 15.8. The average molecular weight is 406 g/mol. The topological polar surface area (TPSA) is 84.3 Å². The van der Waals surface area contributed by atoms with E-state index in [0.29, 0.717) is 5.69 Å². The monoisotopic (exact) mass is 405 g/mol. The Labute approximate surface area is 154 Å². The van der Waals surface area contributed by atoms with Crippen LogP contribution in [0.15, 0.2) is 46.9 Å². The highest BCUT2D eigenvalue weighted by Crippen LogP contribution is 2.30. The van der Waals surface area contributed by atoms with Crippen molar-refractivity contribution in [3.8, 4) is 0 Å². The molecule has 0 heterocycles. The van der Waals surface area contributed by atoms with Gasteiger partial charge in [-0.05, 0) is 50.6 Å². The lowest BCUT2D eigenvalue weighted by atomic mass is 10.1. The van der Waals surface area contributed by atoms with Gasteiger partial charge in [-0.15, -0.1) is 0 Å². The van der Waals surface area contributed by atoms with Crippen LogP contribution in [0, 0.1) is 10.1 Å². The van der Waals surface area contributed by atoms with Crippen molar-refractivity contribution in [1.29, 1.82) is 0 Å². The molecule has 132 valence electrons. The Morgan fingerprint density at radius 3 is 2.48 bits per heavy atom. The Morgan fingerprint density at radius 2 is 1.88 bits per heavy atom. The van der Waals surface area contributed by atoms with Crippen LogP contribution in [0.2, 0.25) is 0 Å². The molecule has 0 fully saturated rings. The fourth-order valence-corrected chi connectivity index (χ4v) is 2.80. The second-order valence-corrected chi connectivity index (χ2v) is 6.95. The fourth-order valence-electron chi connectivity index (χ4n) is 2.38.